The first kappa shape index (κ1) is 14.3. The molecule has 0 spiro atoms. The molecule has 0 N–H and O–H groups in total. The molecule has 21 heavy (non-hydrogen) atoms. The van der Waals surface area contributed by atoms with Crippen molar-refractivity contribution in [3.05, 3.63) is 51.0 Å². The Morgan fingerprint density at radius 3 is 2.81 bits per heavy atom. The van der Waals surface area contributed by atoms with Gasteiger partial charge in [0, 0.05) is 28.2 Å². The van der Waals surface area contributed by atoms with E-state index in [1.807, 2.05) is 30.4 Å². The largest absolute Gasteiger partial charge is 0.299 e. The number of hydrogen-bond donors (Lipinski definition) is 0. The predicted octanol–water partition coefficient (Wildman–Crippen LogP) is 3.61. The predicted molar refractivity (Wildman–Crippen MR) is 80.6 cm³/mol. The Bertz CT molecular complexity index is 613. The van der Waals surface area contributed by atoms with Crippen LogP contribution >= 0.6 is 11.6 Å². The van der Waals surface area contributed by atoms with Crippen LogP contribution in [-0.2, 0) is 4.79 Å². The zero-order chi connectivity index (χ0) is 15.0. The first-order valence-corrected chi connectivity index (χ1v) is 7.54. The van der Waals surface area contributed by atoms with E-state index in [4.69, 9.17) is 11.6 Å². The summed E-state index contributed by atoms with van der Waals surface area (Å²) < 4.78 is 0. The SMILES string of the molecule is O=C1C[C@@H]2CC[C@H]1[C@@H](C=Cc1cccc(Cl)c1)[C@H]2[N+](=O)[O-]. The van der Waals surface area contributed by atoms with Crippen molar-refractivity contribution >= 4 is 23.5 Å². The number of Topliss-reactive ketones (excluding diaryl/α,β-unsaturated/α-hetero) is 1. The van der Waals surface area contributed by atoms with E-state index >= 15 is 0 Å². The van der Waals surface area contributed by atoms with Crippen molar-refractivity contribution in [3.63, 3.8) is 0 Å². The molecule has 110 valence electrons. The molecule has 2 bridgehead atoms. The van der Waals surface area contributed by atoms with Crippen molar-refractivity contribution in [2.45, 2.75) is 25.3 Å². The number of nitrogens with zero attached hydrogens (tertiary/aromatic N) is 1. The Balaban J connectivity index is 1.87. The number of carbonyl (C=O) groups is 1. The van der Waals surface area contributed by atoms with Gasteiger partial charge in [0.15, 0.2) is 0 Å². The van der Waals surface area contributed by atoms with Crippen LogP contribution in [0.15, 0.2) is 30.3 Å². The maximum absolute atomic E-state index is 12.0. The molecule has 3 fully saturated rings. The number of carbonyl (C=O) groups excluding carboxylic acids is 1. The third-order valence-corrected chi connectivity index (χ3v) is 4.91. The smallest absolute Gasteiger partial charge is 0.223 e. The fraction of sp³-hybridized carbons (Fsp3) is 0.438. The van der Waals surface area contributed by atoms with Crippen LogP contribution in [-0.4, -0.2) is 16.7 Å². The lowest BCUT2D eigenvalue weighted by molar-refractivity contribution is -0.545. The van der Waals surface area contributed by atoms with Gasteiger partial charge in [0.05, 0.1) is 5.92 Å². The molecular formula is C16H16ClNO3. The van der Waals surface area contributed by atoms with E-state index in [9.17, 15) is 14.9 Å². The topological polar surface area (TPSA) is 60.2 Å². The monoisotopic (exact) mass is 305 g/mol. The third kappa shape index (κ3) is 2.72. The van der Waals surface area contributed by atoms with E-state index in [0.29, 0.717) is 11.4 Å². The normalized spacial score (nSPS) is 31.8. The molecule has 1 aromatic carbocycles. The first-order valence-electron chi connectivity index (χ1n) is 7.16. The molecule has 5 heteroatoms. The van der Waals surface area contributed by atoms with Gasteiger partial charge in [0.25, 0.3) is 0 Å². The number of benzene rings is 1. The summed E-state index contributed by atoms with van der Waals surface area (Å²) in [7, 11) is 0. The van der Waals surface area contributed by atoms with Gasteiger partial charge in [0.1, 0.15) is 5.78 Å². The van der Waals surface area contributed by atoms with Crippen molar-refractivity contribution in [3.8, 4) is 0 Å². The van der Waals surface area contributed by atoms with Crippen LogP contribution in [0.2, 0.25) is 5.02 Å². The molecule has 3 aliphatic rings. The summed E-state index contributed by atoms with van der Waals surface area (Å²) in [4.78, 5) is 23.2. The quantitative estimate of drug-likeness (QED) is 0.633. The number of fused-ring (bicyclic) bond motifs is 3. The third-order valence-electron chi connectivity index (χ3n) is 4.67. The summed E-state index contributed by atoms with van der Waals surface area (Å²) in [6.45, 7) is 0. The van der Waals surface area contributed by atoms with Gasteiger partial charge >= 0.3 is 0 Å². The minimum Gasteiger partial charge on any atom is -0.299 e. The van der Waals surface area contributed by atoms with Gasteiger partial charge in [-0.3, -0.25) is 14.9 Å². The lowest BCUT2D eigenvalue weighted by atomic mass is 9.61. The molecule has 4 nitrogen and oxygen atoms in total. The molecule has 1 aromatic rings. The summed E-state index contributed by atoms with van der Waals surface area (Å²) in [5.41, 5.74) is 0.901. The first-order chi connectivity index (χ1) is 10.1. The van der Waals surface area contributed by atoms with Gasteiger partial charge in [-0.1, -0.05) is 35.9 Å². The zero-order valence-corrected chi connectivity index (χ0v) is 12.2. The average molecular weight is 306 g/mol. The molecule has 0 radical (unpaired) electrons. The van der Waals surface area contributed by atoms with Crippen LogP contribution in [0.5, 0.6) is 0 Å². The van der Waals surface area contributed by atoms with E-state index in [1.165, 1.54) is 0 Å². The van der Waals surface area contributed by atoms with Crippen LogP contribution in [0.1, 0.15) is 24.8 Å². The summed E-state index contributed by atoms with van der Waals surface area (Å²) in [5, 5.41) is 12.0. The fourth-order valence-electron chi connectivity index (χ4n) is 3.71. The molecule has 4 rings (SSSR count). The highest BCUT2D eigenvalue weighted by Gasteiger charge is 2.53. The summed E-state index contributed by atoms with van der Waals surface area (Å²) >= 11 is 5.94. The van der Waals surface area contributed by atoms with Gasteiger partial charge < -0.3 is 0 Å². The maximum atomic E-state index is 12.0. The highest BCUT2D eigenvalue weighted by Crippen LogP contribution is 2.45. The number of hydrogen-bond acceptors (Lipinski definition) is 3. The van der Waals surface area contributed by atoms with Crippen LogP contribution in [0.4, 0.5) is 0 Å². The highest BCUT2D eigenvalue weighted by atomic mass is 35.5. The molecule has 0 unspecified atom stereocenters. The number of halogens is 1. The Morgan fingerprint density at radius 1 is 1.33 bits per heavy atom. The molecule has 0 aliphatic heterocycles. The summed E-state index contributed by atoms with van der Waals surface area (Å²) in [5.74, 6) is -0.406. The molecule has 0 heterocycles. The maximum Gasteiger partial charge on any atom is 0.223 e. The molecule has 0 amide bonds. The molecule has 3 aliphatic carbocycles. The van der Waals surface area contributed by atoms with Gasteiger partial charge in [-0.05, 0) is 30.5 Å². The molecule has 0 aromatic heterocycles. The lowest BCUT2D eigenvalue weighted by Gasteiger charge is -2.41. The number of ketones is 1. The lowest BCUT2D eigenvalue weighted by Crippen LogP contribution is -2.51. The Morgan fingerprint density at radius 2 is 2.14 bits per heavy atom. The highest BCUT2D eigenvalue weighted by molar-refractivity contribution is 6.30. The van der Waals surface area contributed by atoms with E-state index < -0.39 is 6.04 Å². The second kappa shape index (κ2) is 5.60. The van der Waals surface area contributed by atoms with Gasteiger partial charge in [-0.2, -0.15) is 0 Å². The van der Waals surface area contributed by atoms with E-state index in [1.54, 1.807) is 6.07 Å². The van der Waals surface area contributed by atoms with Crippen LogP contribution < -0.4 is 0 Å². The summed E-state index contributed by atoms with van der Waals surface area (Å²) in [6.07, 6.45) is 5.63. The summed E-state index contributed by atoms with van der Waals surface area (Å²) in [6, 6.07) is 6.70. The molecular weight excluding hydrogens is 290 g/mol. The van der Waals surface area contributed by atoms with Crippen LogP contribution in [0.3, 0.4) is 0 Å². The molecule has 3 saturated carbocycles. The number of nitro groups is 1. The van der Waals surface area contributed by atoms with Crippen molar-refractivity contribution in [2.24, 2.45) is 17.8 Å². The average Bonchev–Trinajstić information content (AvgIpc) is 2.44. The Labute approximate surface area is 127 Å². The van der Waals surface area contributed by atoms with Gasteiger partial charge in [0.2, 0.25) is 6.04 Å². The minimum absolute atomic E-state index is 0.105. The van der Waals surface area contributed by atoms with E-state index in [-0.39, 0.29) is 28.5 Å². The minimum atomic E-state index is -0.628. The molecule has 0 saturated heterocycles. The van der Waals surface area contributed by atoms with Crippen LogP contribution in [0.25, 0.3) is 6.08 Å². The fourth-order valence-corrected chi connectivity index (χ4v) is 3.91. The van der Waals surface area contributed by atoms with E-state index in [2.05, 4.69) is 0 Å². The number of rotatable bonds is 3. The zero-order valence-electron chi connectivity index (χ0n) is 11.4. The van der Waals surface area contributed by atoms with Crippen molar-refractivity contribution in [1.82, 2.24) is 0 Å². The van der Waals surface area contributed by atoms with Crippen LogP contribution in [0, 0.1) is 27.9 Å². The van der Waals surface area contributed by atoms with Crippen molar-refractivity contribution in [1.29, 1.82) is 0 Å². The van der Waals surface area contributed by atoms with Gasteiger partial charge in [-0.25, -0.2) is 0 Å². The second-order valence-electron chi connectivity index (χ2n) is 5.88. The second-order valence-corrected chi connectivity index (χ2v) is 6.32. The Hall–Kier alpha value is -1.68. The van der Waals surface area contributed by atoms with Gasteiger partial charge in [-0.15, -0.1) is 0 Å². The van der Waals surface area contributed by atoms with E-state index in [0.717, 1.165) is 18.4 Å². The Kier molecular flexibility index (Phi) is 3.81. The standard InChI is InChI=1S/C16H16ClNO3/c17-12-3-1-2-10(8-12)4-6-14-13-7-5-11(9-15(13)19)16(14)18(20)21/h1-4,6,8,11,13-14,16H,5,7,9H2/t11-,13-,14+,16-/m0/s1. The molecule has 4 atom stereocenters. The van der Waals surface area contributed by atoms with Crippen molar-refractivity contribution < 1.29 is 9.72 Å². The van der Waals surface area contributed by atoms with Crippen molar-refractivity contribution in [2.75, 3.05) is 0 Å².